The molecule has 1 amide bonds. The Morgan fingerprint density at radius 1 is 1.21 bits per heavy atom. The Kier molecular flexibility index (Phi) is 4.55. The van der Waals surface area contributed by atoms with Gasteiger partial charge in [-0.05, 0) is 30.3 Å². The summed E-state index contributed by atoms with van der Waals surface area (Å²) in [5.74, 6) is -0.708. The van der Waals surface area contributed by atoms with Crippen molar-refractivity contribution in [3.63, 3.8) is 0 Å². The van der Waals surface area contributed by atoms with Crippen molar-refractivity contribution in [3.05, 3.63) is 68.1 Å². The minimum Gasteiger partial charge on any atom is -0.306 e. The molecule has 0 spiro atoms. The van der Waals surface area contributed by atoms with Gasteiger partial charge in [-0.3, -0.25) is 30.3 Å². The molecular formula is C16H12F3N5O4. The van der Waals surface area contributed by atoms with Crippen molar-refractivity contribution in [1.29, 1.82) is 0 Å². The summed E-state index contributed by atoms with van der Waals surface area (Å²) in [5.41, 5.74) is 2.80. The van der Waals surface area contributed by atoms with E-state index >= 15 is 0 Å². The van der Waals surface area contributed by atoms with Crippen molar-refractivity contribution in [3.8, 4) is 0 Å². The van der Waals surface area contributed by atoms with Crippen molar-refractivity contribution >= 4 is 28.3 Å². The van der Waals surface area contributed by atoms with Crippen molar-refractivity contribution in [2.24, 2.45) is 7.05 Å². The first-order chi connectivity index (χ1) is 13.1. The minimum atomic E-state index is -4.74. The Hall–Kier alpha value is -3.83. The number of hydrogen-bond donors (Lipinski definition) is 3. The van der Waals surface area contributed by atoms with Crippen LogP contribution in [0.15, 0.2) is 41.2 Å². The number of carbonyl (C=O) groups excluding carboxylic acids is 1. The molecule has 2 aromatic carbocycles. The molecule has 0 atom stereocenters. The average molecular weight is 395 g/mol. The van der Waals surface area contributed by atoms with E-state index in [4.69, 9.17) is 0 Å². The normalized spacial score (nSPS) is 11.4. The fraction of sp³-hybridized carbons (Fsp3) is 0.125. The van der Waals surface area contributed by atoms with Gasteiger partial charge in [-0.2, -0.15) is 13.2 Å². The van der Waals surface area contributed by atoms with Crippen LogP contribution in [-0.4, -0.2) is 20.4 Å². The van der Waals surface area contributed by atoms with E-state index in [1.807, 2.05) is 0 Å². The van der Waals surface area contributed by atoms with E-state index in [0.717, 1.165) is 6.07 Å². The molecule has 0 radical (unpaired) electrons. The van der Waals surface area contributed by atoms with Gasteiger partial charge < -0.3 is 4.98 Å². The van der Waals surface area contributed by atoms with Crippen LogP contribution in [0.5, 0.6) is 0 Å². The van der Waals surface area contributed by atoms with Gasteiger partial charge in [0, 0.05) is 18.7 Å². The number of aryl methyl sites for hydroxylation is 1. The number of nitrogens with zero attached hydrogens (tertiary/aromatic N) is 2. The smallest absolute Gasteiger partial charge is 0.306 e. The second kappa shape index (κ2) is 6.72. The summed E-state index contributed by atoms with van der Waals surface area (Å²) in [6, 6.07) is 6.22. The fourth-order valence-corrected chi connectivity index (χ4v) is 2.54. The number of anilines is 1. The number of hydrogen-bond acceptors (Lipinski definition) is 5. The predicted octanol–water partition coefficient (Wildman–Crippen LogP) is 2.55. The first-order valence-electron chi connectivity index (χ1n) is 7.68. The molecule has 3 aromatic rings. The monoisotopic (exact) mass is 395 g/mol. The Morgan fingerprint density at radius 2 is 1.93 bits per heavy atom. The summed E-state index contributed by atoms with van der Waals surface area (Å²) in [7, 11) is 1.55. The highest BCUT2D eigenvalue weighted by Crippen LogP contribution is 2.34. The number of H-pyrrole nitrogens is 1. The fourth-order valence-electron chi connectivity index (χ4n) is 2.54. The van der Waals surface area contributed by atoms with E-state index < -0.39 is 28.3 Å². The van der Waals surface area contributed by atoms with Crippen LogP contribution in [0.3, 0.4) is 0 Å². The first-order valence-corrected chi connectivity index (χ1v) is 7.68. The van der Waals surface area contributed by atoms with Crippen molar-refractivity contribution < 1.29 is 22.9 Å². The number of rotatable bonds is 4. The third-order valence-corrected chi connectivity index (χ3v) is 4.00. The molecule has 0 saturated heterocycles. The lowest BCUT2D eigenvalue weighted by Crippen LogP contribution is -2.29. The van der Waals surface area contributed by atoms with Gasteiger partial charge in [0.15, 0.2) is 0 Å². The zero-order chi connectivity index (χ0) is 20.6. The molecule has 12 heteroatoms. The summed E-state index contributed by atoms with van der Waals surface area (Å²) < 4.78 is 39.5. The van der Waals surface area contributed by atoms with Crippen LogP contribution < -0.4 is 16.5 Å². The van der Waals surface area contributed by atoms with E-state index in [-0.39, 0.29) is 16.9 Å². The molecule has 3 N–H and O–H groups in total. The molecule has 1 aromatic heterocycles. The van der Waals surface area contributed by atoms with Gasteiger partial charge >= 0.3 is 11.9 Å². The maximum absolute atomic E-state index is 12.7. The SMILES string of the molecule is Cn1c(=O)[nH]c2cc(C(=O)NNc3ccc(C(F)(F)F)cc3[N+](=O)[O-])ccc21. The van der Waals surface area contributed by atoms with Crippen LogP contribution >= 0.6 is 0 Å². The van der Waals surface area contributed by atoms with Gasteiger partial charge in [0.1, 0.15) is 5.69 Å². The number of benzene rings is 2. The molecule has 0 aliphatic rings. The molecule has 9 nitrogen and oxygen atoms in total. The summed E-state index contributed by atoms with van der Waals surface area (Å²) in [6.07, 6.45) is -4.74. The number of alkyl halides is 3. The highest BCUT2D eigenvalue weighted by Gasteiger charge is 2.33. The van der Waals surface area contributed by atoms with Gasteiger partial charge in [0.25, 0.3) is 11.6 Å². The van der Waals surface area contributed by atoms with E-state index in [1.165, 1.54) is 22.8 Å². The Morgan fingerprint density at radius 3 is 2.57 bits per heavy atom. The number of fused-ring (bicyclic) bond motifs is 1. The largest absolute Gasteiger partial charge is 0.416 e. The number of nitro groups is 1. The second-order valence-electron chi connectivity index (χ2n) is 5.79. The van der Waals surface area contributed by atoms with Crippen LogP contribution in [0.1, 0.15) is 15.9 Å². The second-order valence-corrected chi connectivity index (χ2v) is 5.79. The topological polar surface area (TPSA) is 122 Å². The third-order valence-electron chi connectivity index (χ3n) is 4.00. The lowest BCUT2D eigenvalue weighted by atomic mass is 10.1. The number of aromatic nitrogens is 2. The molecule has 0 unspecified atom stereocenters. The van der Waals surface area contributed by atoms with Gasteiger partial charge in [-0.25, -0.2) is 4.79 Å². The van der Waals surface area contributed by atoms with Crippen LogP contribution in [0.25, 0.3) is 11.0 Å². The molecule has 0 fully saturated rings. The zero-order valence-corrected chi connectivity index (χ0v) is 14.1. The standard InChI is InChI=1S/C16H12F3N5O4/c1-23-12-5-2-8(6-11(12)20-15(23)26)14(25)22-21-10-4-3-9(16(17,18)19)7-13(10)24(27)28/h2-7,21H,1H3,(H,20,26)(H,22,25). The molecule has 0 aliphatic heterocycles. The van der Waals surface area contributed by atoms with Gasteiger partial charge in [-0.15, -0.1) is 0 Å². The molecule has 0 bridgehead atoms. The summed E-state index contributed by atoms with van der Waals surface area (Å²) >= 11 is 0. The van der Waals surface area contributed by atoms with Gasteiger partial charge in [0.05, 0.1) is 21.5 Å². The van der Waals surface area contributed by atoms with Crippen molar-refractivity contribution in [2.45, 2.75) is 6.18 Å². The van der Waals surface area contributed by atoms with E-state index in [9.17, 15) is 32.9 Å². The molecule has 3 rings (SSSR count). The quantitative estimate of drug-likeness (QED) is 0.463. The van der Waals surface area contributed by atoms with E-state index in [0.29, 0.717) is 23.2 Å². The molecule has 1 heterocycles. The molecular weight excluding hydrogens is 383 g/mol. The number of nitro benzene ring substituents is 1. The predicted molar refractivity (Wildman–Crippen MR) is 92.7 cm³/mol. The van der Waals surface area contributed by atoms with Gasteiger partial charge in [-0.1, -0.05) is 0 Å². The van der Waals surface area contributed by atoms with Crippen molar-refractivity contribution in [1.82, 2.24) is 15.0 Å². The number of imidazole rings is 1. The highest BCUT2D eigenvalue weighted by molar-refractivity contribution is 5.98. The number of hydrazine groups is 1. The minimum absolute atomic E-state index is 0.122. The molecule has 0 saturated carbocycles. The number of amides is 1. The molecule has 0 aliphatic carbocycles. The highest BCUT2D eigenvalue weighted by atomic mass is 19.4. The number of aromatic amines is 1. The van der Waals surface area contributed by atoms with Crippen LogP contribution in [-0.2, 0) is 13.2 Å². The number of carbonyl (C=O) groups is 1. The third kappa shape index (κ3) is 3.51. The number of nitrogens with one attached hydrogen (secondary N) is 3. The molecule has 28 heavy (non-hydrogen) atoms. The van der Waals surface area contributed by atoms with Crippen LogP contribution in [0.2, 0.25) is 0 Å². The maximum Gasteiger partial charge on any atom is 0.416 e. The van der Waals surface area contributed by atoms with E-state index in [1.54, 1.807) is 7.05 Å². The van der Waals surface area contributed by atoms with Gasteiger partial charge in [0.2, 0.25) is 0 Å². The number of halogens is 3. The maximum atomic E-state index is 12.7. The lowest BCUT2D eigenvalue weighted by Gasteiger charge is -2.11. The first kappa shape index (κ1) is 18.9. The molecule has 146 valence electrons. The van der Waals surface area contributed by atoms with E-state index in [2.05, 4.69) is 15.8 Å². The summed E-state index contributed by atoms with van der Waals surface area (Å²) in [5, 5.41) is 11.0. The van der Waals surface area contributed by atoms with Crippen molar-refractivity contribution in [2.75, 3.05) is 5.43 Å². The zero-order valence-electron chi connectivity index (χ0n) is 14.1. The van der Waals surface area contributed by atoms with Crippen LogP contribution in [0, 0.1) is 10.1 Å². The average Bonchev–Trinajstić information content (AvgIpc) is 2.92. The Bertz CT molecular complexity index is 1150. The van der Waals surface area contributed by atoms with Crippen LogP contribution in [0.4, 0.5) is 24.5 Å². The Balaban J connectivity index is 1.82. The Labute approximate surface area is 153 Å². The summed E-state index contributed by atoms with van der Waals surface area (Å²) in [6.45, 7) is 0. The summed E-state index contributed by atoms with van der Waals surface area (Å²) in [4.78, 5) is 36.4. The lowest BCUT2D eigenvalue weighted by molar-refractivity contribution is -0.384.